The van der Waals surface area contributed by atoms with Crippen LogP contribution in [0, 0.1) is 5.92 Å². The number of rotatable bonds is 7. The van der Waals surface area contributed by atoms with E-state index in [0.717, 1.165) is 25.7 Å². The van der Waals surface area contributed by atoms with Crippen LogP contribution in [0.15, 0.2) is 12.2 Å². The zero-order valence-electron chi connectivity index (χ0n) is 8.75. The van der Waals surface area contributed by atoms with Gasteiger partial charge < -0.3 is 10.1 Å². The molecular weight excluding hydrogens is 162 g/mol. The fourth-order valence-corrected chi connectivity index (χ4v) is 1.37. The molecule has 1 aliphatic carbocycles. The minimum Gasteiger partial charge on any atom is -0.376 e. The van der Waals surface area contributed by atoms with E-state index in [-0.39, 0.29) is 0 Å². The zero-order valence-corrected chi connectivity index (χ0v) is 8.75. The van der Waals surface area contributed by atoms with Gasteiger partial charge in [0.25, 0.3) is 0 Å². The maximum Gasteiger partial charge on any atom is 0.0647 e. The molecule has 0 radical (unpaired) electrons. The Morgan fingerprint density at radius 3 is 2.92 bits per heavy atom. The van der Waals surface area contributed by atoms with E-state index < -0.39 is 0 Å². The Balaban J connectivity index is 1.82. The second-order valence-corrected chi connectivity index (χ2v) is 3.72. The van der Waals surface area contributed by atoms with Crippen LogP contribution in [0.3, 0.4) is 0 Å². The molecule has 0 aliphatic heterocycles. The molecule has 1 unspecified atom stereocenters. The van der Waals surface area contributed by atoms with E-state index in [1.165, 1.54) is 12.8 Å². The fourth-order valence-electron chi connectivity index (χ4n) is 1.37. The highest BCUT2D eigenvalue weighted by molar-refractivity contribution is 4.83. The molecule has 0 heterocycles. The van der Waals surface area contributed by atoms with Crippen molar-refractivity contribution in [2.75, 3.05) is 19.8 Å². The van der Waals surface area contributed by atoms with Gasteiger partial charge in [-0.25, -0.2) is 0 Å². The lowest BCUT2D eigenvalue weighted by atomic mass is 10.2. The Labute approximate surface area is 81.4 Å². The van der Waals surface area contributed by atoms with Crippen molar-refractivity contribution >= 4 is 0 Å². The average Bonchev–Trinajstić information content (AvgIpc) is 2.93. The molecule has 2 heteroatoms. The molecule has 0 spiro atoms. The van der Waals surface area contributed by atoms with Gasteiger partial charge in [0, 0.05) is 12.6 Å². The molecule has 2 nitrogen and oxygen atoms in total. The summed E-state index contributed by atoms with van der Waals surface area (Å²) in [6.45, 7) is 6.83. The minimum atomic E-state index is 0.685. The monoisotopic (exact) mass is 183 g/mol. The van der Waals surface area contributed by atoms with E-state index in [2.05, 4.69) is 12.2 Å². The summed E-state index contributed by atoms with van der Waals surface area (Å²) in [6.07, 6.45) is 6.87. The Morgan fingerprint density at radius 1 is 1.54 bits per heavy atom. The second-order valence-electron chi connectivity index (χ2n) is 3.72. The van der Waals surface area contributed by atoms with E-state index >= 15 is 0 Å². The number of hydrogen-bond donors (Lipinski definition) is 1. The van der Waals surface area contributed by atoms with Crippen molar-refractivity contribution in [3.8, 4) is 0 Å². The first-order valence-corrected chi connectivity index (χ1v) is 5.27. The number of nitrogens with one attached hydrogen (secondary N) is 1. The third-order valence-electron chi connectivity index (χ3n) is 2.49. The first-order chi connectivity index (χ1) is 6.34. The normalized spacial score (nSPS) is 19.5. The van der Waals surface area contributed by atoms with E-state index in [1.54, 1.807) is 0 Å². The van der Waals surface area contributed by atoms with Crippen molar-refractivity contribution in [3.63, 3.8) is 0 Å². The highest BCUT2D eigenvalue weighted by atomic mass is 16.5. The molecule has 76 valence electrons. The number of ether oxygens (including phenoxy) is 1. The number of hydrogen-bond acceptors (Lipinski definition) is 2. The lowest BCUT2D eigenvalue weighted by Crippen LogP contribution is -2.31. The molecule has 0 bridgehead atoms. The molecule has 1 N–H and O–H groups in total. The summed E-state index contributed by atoms with van der Waals surface area (Å²) in [7, 11) is 0. The van der Waals surface area contributed by atoms with Crippen molar-refractivity contribution in [1.29, 1.82) is 0 Å². The van der Waals surface area contributed by atoms with Crippen LogP contribution in [0.25, 0.3) is 0 Å². The molecule has 0 saturated heterocycles. The van der Waals surface area contributed by atoms with Crippen LogP contribution in [-0.2, 0) is 4.74 Å². The largest absolute Gasteiger partial charge is 0.376 e. The SMILES string of the molecule is CC=CCOCCNC(C)C1CC1. The molecule has 0 aromatic heterocycles. The van der Waals surface area contributed by atoms with Crippen LogP contribution in [0.5, 0.6) is 0 Å². The van der Waals surface area contributed by atoms with Gasteiger partial charge in [-0.05, 0) is 32.6 Å². The fraction of sp³-hybridized carbons (Fsp3) is 0.818. The third kappa shape index (κ3) is 5.06. The van der Waals surface area contributed by atoms with Crippen molar-refractivity contribution in [2.24, 2.45) is 5.92 Å². The maximum atomic E-state index is 5.38. The summed E-state index contributed by atoms with van der Waals surface area (Å²) < 4.78 is 5.38. The van der Waals surface area contributed by atoms with Crippen molar-refractivity contribution in [2.45, 2.75) is 32.7 Å². The van der Waals surface area contributed by atoms with Crippen molar-refractivity contribution < 1.29 is 4.74 Å². The summed E-state index contributed by atoms with van der Waals surface area (Å²) in [5.74, 6) is 0.940. The standard InChI is InChI=1S/C11H21NO/c1-3-4-8-13-9-7-12-10(2)11-5-6-11/h3-4,10-12H,5-9H2,1-2H3. The number of allylic oxidation sites excluding steroid dienone is 1. The highest BCUT2D eigenvalue weighted by Crippen LogP contribution is 2.32. The van der Waals surface area contributed by atoms with E-state index in [0.29, 0.717) is 6.04 Å². The molecule has 1 fully saturated rings. The van der Waals surface area contributed by atoms with Crippen LogP contribution in [0.1, 0.15) is 26.7 Å². The van der Waals surface area contributed by atoms with Gasteiger partial charge in [0.05, 0.1) is 13.2 Å². The molecule has 1 saturated carbocycles. The lowest BCUT2D eigenvalue weighted by molar-refractivity contribution is 0.160. The Hall–Kier alpha value is -0.340. The topological polar surface area (TPSA) is 21.3 Å². The second kappa shape index (κ2) is 6.17. The Morgan fingerprint density at radius 2 is 2.31 bits per heavy atom. The predicted molar refractivity (Wildman–Crippen MR) is 55.8 cm³/mol. The molecule has 13 heavy (non-hydrogen) atoms. The van der Waals surface area contributed by atoms with E-state index in [1.807, 2.05) is 19.1 Å². The Kier molecular flexibility index (Phi) is 5.09. The minimum absolute atomic E-state index is 0.685. The van der Waals surface area contributed by atoms with Gasteiger partial charge in [0.15, 0.2) is 0 Å². The van der Waals surface area contributed by atoms with Gasteiger partial charge in [-0.2, -0.15) is 0 Å². The molecular formula is C11H21NO. The summed E-state index contributed by atoms with van der Waals surface area (Å²) in [5.41, 5.74) is 0. The van der Waals surface area contributed by atoms with E-state index in [9.17, 15) is 0 Å². The van der Waals surface area contributed by atoms with E-state index in [4.69, 9.17) is 4.74 Å². The van der Waals surface area contributed by atoms with Crippen LogP contribution < -0.4 is 5.32 Å². The van der Waals surface area contributed by atoms with Gasteiger partial charge in [0.2, 0.25) is 0 Å². The molecule has 0 amide bonds. The summed E-state index contributed by atoms with van der Waals surface area (Å²) in [5, 5.41) is 3.47. The first kappa shape index (κ1) is 10.7. The van der Waals surface area contributed by atoms with Crippen LogP contribution >= 0.6 is 0 Å². The Bertz CT molecular complexity index is 152. The molecule has 0 aromatic rings. The molecule has 0 aromatic carbocycles. The zero-order chi connectivity index (χ0) is 9.52. The summed E-state index contributed by atoms with van der Waals surface area (Å²) in [4.78, 5) is 0. The molecule has 1 rings (SSSR count). The third-order valence-corrected chi connectivity index (χ3v) is 2.49. The summed E-state index contributed by atoms with van der Waals surface area (Å²) >= 11 is 0. The quantitative estimate of drug-likeness (QED) is 0.481. The van der Waals surface area contributed by atoms with Gasteiger partial charge in [-0.3, -0.25) is 0 Å². The molecule has 1 aliphatic rings. The predicted octanol–water partition coefficient (Wildman–Crippen LogP) is 1.97. The van der Waals surface area contributed by atoms with Gasteiger partial charge in [0.1, 0.15) is 0 Å². The smallest absolute Gasteiger partial charge is 0.0647 e. The van der Waals surface area contributed by atoms with Crippen molar-refractivity contribution in [1.82, 2.24) is 5.32 Å². The molecule has 1 atom stereocenters. The van der Waals surface area contributed by atoms with Crippen LogP contribution in [0.4, 0.5) is 0 Å². The highest BCUT2D eigenvalue weighted by Gasteiger charge is 2.26. The van der Waals surface area contributed by atoms with Gasteiger partial charge in [-0.15, -0.1) is 0 Å². The van der Waals surface area contributed by atoms with Gasteiger partial charge in [-0.1, -0.05) is 12.2 Å². The van der Waals surface area contributed by atoms with Gasteiger partial charge >= 0.3 is 0 Å². The summed E-state index contributed by atoms with van der Waals surface area (Å²) in [6, 6.07) is 0.685. The lowest BCUT2D eigenvalue weighted by Gasteiger charge is -2.11. The van der Waals surface area contributed by atoms with Crippen LogP contribution in [0.2, 0.25) is 0 Å². The first-order valence-electron chi connectivity index (χ1n) is 5.27. The van der Waals surface area contributed by atoms with Crippen LogP contribution in [-0.4, -0.2) is 25.8 Å². The average molecular weight is 183 g/mol. The van der Waals surface area contributed by atoms with Crippen molar-refractivity contribution in [3.05, 3.63) is 12.2 Å². The maximum absolute atomic E-state index is 5.38.